The number of rotatable bonds is 6. The molecule has 2 aliphatic heterocycles. The lowest BCUT2D eigenvalue weighted by Gasteiger charge is -2.34. The fraction of sp³-hybridized carbons (Fsp3) is 0.611. The molecule has 2 N–H and O–H groups in total. The number of benzene rings is 1. The molecule has 2 fully saturated rings. The molecule has 1 atom stereocenters. The fourth-order valence-corrected chi connectivity index (χ4v) is 3.40. The second-order valence-corrected chi connectivity index (χ2v) is 6.46. The van der Waals surface area contributed by atoms with Crippen LogP contribution in [0.15, 0.2) is 24.3 Å². The lowest BCUT2D eigenvalue weighted by Crippen LogP contribution is -2.49. The molecule has 1 aromatic rings. The third-order valence-electron chi connectivity index (χ3n) is 4.80. The SMILES string of the molecule is O=C(NCCN1CCNCC1)C(c1ccccc1F)N1CCOCC1. The minimum atomic E-state index is -0.604. The summed E-state index contributed by atoms with van der Waals surface area (Å²) in [5.41, 5.74) is 0.434. The van der Waals surface area contributed by atoms with Crippen molar-refractivity contribution in [1.29, 1.82) is 0 Å². The summed E-state index contributed by atoms with van der Waals surface area (Å²) >= 11 is 0. The maximum Gasteiger partial charge on any atom is 0.242 e. The van der Waals surface area contributed by atoms with Gasteiger partial charge in [0, 0.05) is 57.9 Å². The molecule has 0 saturated carbocycles. The molecule has 0 aromatic heterocycles. The van der Waals surface area contributed by atoms with Gasteiger partial charge in [0.05, 0.1) is 13.2 Å². The molecule has 3 rings (SSSR count). The van der Waals surface area contributed by atoms with Crippen LogP contribution in [0.3, 0.4) is 0 Å². The van der Waals surface area contributed by atoms with Gasteiger partial charge in [-0.25, -0.2) is 4.39 Å². The zero-order chi connectivity index (χ0) is 17.5. The fourth-order valence-electron chi connectivity index (χ4n) is 3.40. The lowest BCUT2D eigenvalue weighted by atomic mass is 10.0. The molecule has 25 heavy (non-hydrogen) atoms. The summed E-state index contributed by atoms with van der Waals surface area (Å²) in [5.74, 6) is -0.474. The predicted molar refractivity (Wildman–Crippen MR) is 93.9 cm³/mol. The van der Waals surface area contributed by atoms with Crippen molar-refractivity contribution in [1.82, 2.24) is 20.4 Å². The number of piperazine rings is 1. The zero-order valence-corrected chi connectivity index (χ0v) is 14.5. The number of ether oxygens (including phenoxy) is 1. The van der Waals surface area contributed by atoms with Crippen LogP contribution in [0.25, 0.3) is 0 Å². The summed E-state index contributed by atoms with van der Waals surface area (Å²) < 4.78 is 19.7. The Balaban J connectivity index is 1.63. The molecule has 138 valence electrons. The Kier molecular flexibility index (Phi) is 6.75. The quantitative estimate of drug-likeness (QED) is 0.769. The first kappa shape index (κ1) is 18.3. The molecule has 2 heterocycles. The Morgan fingerprint density at radius 2 is 1.92 bits per heavy atom. The first-order chi connectivity index (χ1) is 12.3. The summed E-state index contributed by atoms with van der Waals surface area (Å²) in [6.07, 6.45) is 0. The van der Waals surface area contributed by atoms with Crippen LogP contribution in [0.5, 0.6) is 0 Å². The molecular weight excluding hydrogens is 323 g/mol. The van der Waals surface area contributed by atoms with Gasteiger partial charge in [-0.05, 0) is 6.07 Å². The Labute approximate surface area is 148 Å². The predicted octanol–water partition coefficient (Wildman–Crippen LogP) is 0.220. The molecule has 1 aromatic carbocycles. The van der Waals surface area contributed by atoms with E-state index in [1.54, 1.807) is 18.2 Å². The van der Waals surface area contributed by atoms with Gasteiger partial charge in [-0.2, -0.15) is 0 Å². The highest BCUT2D eigenvalue weighted by molar-refractivity contribution is 5.83. The number of nitrogens with one attached hydrogen (secondary N) is 2. The molecule has 2 aliphatic rings. The van der Waals surface area contributed by atoms with Crippen LogP contribution in [0.1, 0.15) is 11.6 Å². The van der Waals surface area contributed by atoms with Gasteiger partial charge in [-0.15, -0.1) is 0 Å². The zero-order valence-electron chi connectivity index (χ0n) is 14.5. The number of nitrogens with zero attached hydrogens (tertiary/aromatic N) is 2. The first-order valence-corrected chi connectivity index (χ1v) is 9.03. The highest BCUT2D eigenvalue weighted by Gasteiger charge is 2.30. The second kappa shape index (κ2) is 9.24. The molecule has 0 aliphatic carbocycles. The summed E-state index contributed by atoms with van der Waals surface area (Å²) in [4.78, 5) is 17.2. The smallest absolute Gasteiger partial charge is 0.242 e. The molecule has 0 bridgehead atoms. The normalized spacial score (nSPS) is 21.0. The molecule has 0 spiro atoms. The van der Waals surface area contributed by atoms with Crippen LogP contribution in [0, 0.1) is 5.82 Å². The number of hydrogen-bond donors (Lipinski definition) is 2. The number of morpholine rings is 1. The number of halogens is 1. The number of carbonyl (C=O) groups is 1. The molecular formula is C18H27FN4O2. The standard InChI is InChI=1S/C18H27FN4O2/c19-16-4-2-1-3-15(16)17(23-11-13-25-14-12-23)18(24)21-7-10-22-8-5-20-6-9-22/h1-4,17,20H,5-14H2,(H,21,24). The third-order valence-corrected chi connectivity index (χ3v) is 4.80. The van der Waals surface area contributed by atoms with Crippen molar-refractivity contribution >= 4 is 5.91 Å². The molecule has 1 unspecified atom stereocenters. The molecule has 0 radical (unpaired) electrons. The Morgan fingerprint density at radius 1 is 1.20 bits per heavy atom. The van der Waals surface area contributed by atoms with E-state index in [2.05, 4.69) is 15.5 Å². The van der Waals surface area contributed by atoms with E-state index >= 15 is 0 Å². The molecule has 7 heteroatoms. The van der Waals surface area contributed by atoms with Gasteiger partial charge in [-0.1, -0.05) is 18.2 Å². The summed E-state index contributed by atoms with van der Waals surface area (Å²) in [6, 6.07) is 5.94. The van der Waals surface area contributed by atoms with Crippen LogP contribution in [0.2, 0.25) is 0 Å². The topological polar surface area (TPSA) is 56.8 Å². The van der Waals surface area contributed by atoms with Crippen LogP contribution >= 0.6 is 0 Å². The van der Waals surface area contributed by atoms with E-state index in [-0.39, 0.29) is 11.7 Å². The van der Waals surface area contributed by atoms with Crippen LogP contribution in [-0.4, -0.2) is 81.3 Å². The van der Waals surface area contributed by atoms with E-state index in [0.29, 0.717) is 38.4 Å². The van der Waals surface area contributed by atoms with Crippen molar-refractivity contribution < 1.29 is 13.9 Å². The monoisotopic (exact) mass is 350 g/mol. The Morgan fingerprint density at radius 3 is 2.64 bits per heavy atom. The van der Waals surface area contributed by atoms with Gasteiger partial charge < -0.3 is 15.4 Å². The summed E-state index contributed by atoms with van der Waals surface area (Å²) in [7, 11) is 0. The number of amides is 1. The Hall–Kier alpha value is -1.54. The van der Waals surface area contributed by atoms with Crippen LogP contribution in [0.4, 0.5) is 4.39 Å². The van der Waals surface area contributed by atoms with Crippen molar-refractivity contribution in [3.8, 4) is 0 Å². The van der Waals surface area contributed by atoms with Gasteiger partial charge in [0.25, 0.3) is 0 Å². The van der Waals surface area contributed by atoms with Crippen LogP contribution < -0.4 is 10.6 Å². The minimum absolute atomic E-state index is 0.137. The van der Waals surface area contributed by atoms with Gasteiger partial charge in [0.2, 0.25) is 5.91 Å². The highest BCUT2D eigenvalue weighted by atomic mass is 19.1. The number of carbonyl (C=O) groups excluding carboxylic acids is 1. The van der Waals surface area contributed by atoms with Gasteiger partial charge in [0.1, 0.15) is 11.9 Å². The van der Waals surface area contributed by atoms with Crippen molar-refractivity contribution in [3.05, 3.63) is 35.6 Å². The first-order valence-electron chi connectivity index (χ1n) is 9.03. The van der Waals surface area contributed by atoms with E-state index in [1.807, 2.05) is 4.90 Å². The molecule has 6 nitrogen and oxygen atoms in total. The maximum absolute atomic E-state index is 14.3. The number of hydrogen-bond acceptors (Lipinski definition) is 5. The van der Waals surface area contributed by atoms with Gasteiger partial charge >= 0.3 is 0 Å². The average Bonchev–Trinajstić information content (AvgIpc) is 2.65. The second-order valence-electron chi connectivity index (χ2n) is 6.46. The van der Waals surface area contributed by atoms with Gasteiger partial charge in [-0.3, -0.25) is 14.6 Å². The van der Waals surface area contributed by atoms with Crippen LogP contribution in [-0.2, 0) is 9.53 Å². The lowest BCUT2D eigenvalue weighted by molar-refractivity contribution is -0.128. The average molecular weight is 350 g/mol. The van der Waals surface area contributed by atoms with Gasteiger partial charge in [0.15, 0.2) is 0 Å². The van der Waals surface area contributed by atoms with E-state index in [1.165, 1.54) is 6.07 Å². The van der Waals surface area contributed by atoms with Crippen molar-refractivity contribution in [2.24, 2.45) is 0 Å². The molecule has 2 saturated heterocycles. The Bertz CT molecular complexity index is 560. The minimum Gasteiger partial charge on any atom is -0.379 e. The molecule has 1 amide bonds. The maximum atomic E-state index is 14.3. The van der Waals surface area contributed by atoms with Crippen molar-refractivity contribution in [2.45, 2.75) is 6.04 Å². The van der Waals surface area contributed by atoms with E-state index in [0.717, 1.165) is 32.7 Å². The van der Waals surface area contributed by atoms with E-state index in [4.69, 9.17) is 4.74 Å². The third kappa shape index (κ3) is 4.98. The van der Waals surface area contributed by atoms with E-state index in [9.17, 15) is 9.18 Å². The summed E-state index contributed by atoms with van der Waals surface area (Å²) in [6.45, 7) is 7.76. The highest BCUT2D eigenvalue weighted by Crippen LogP contribution is 2.24. The largest absolute Gasteiger partial charge is 0.379 e. The summed E-state index contributed by atoms with van der Waals surface area (Å²) in [5, 5.41) is 6.32. The van der Waals surface area contributed by atoms with Crippen molar-refractivity contribution in [3.63, 3.8) is 0 Å². The van der Waals surface area contributed by atoms with Crippen molar-refractivity contribution in [2.75, 3.05) is 65.6 Å². The van der Waals surface area contributed by atoms with E-state index < -0.39 is 6.04 Å².